The molecule has 0 saturated carbocycles. The Bertz CT molecular complexity index is 1270. The van der Waals surface area contributed by atoms with E-state index in [1.165, 1.54) is 4.31 Å². The Hall–Kier alpha value is -2.88. The molecule has 1 aliphatic rings. The Morgan fingerprint density at radius 3 is 2.58 bits per heavy atom. The fourth-order valence-corrected chi connectivity index (χ4v) is 5.12. The average molecular weight is 460 g/mol. The second kappa shape index (κ2) is 8.33. The van der Waals surface area contributed by atoms with E-state index in [2.05, 4.69) is 9.98 Å². The van der Waals surface area contributed by atoms with E-state index in [-0.39, 0.29) is 24.0 Å². The Morgan fingerprint density at radius 1 is 1.16 bits per heavy atom. The quantitative estimate of drug-likeness (QED) is 0.450. The number of carbonyl (C=O) groups excluding carboxylic acids is 1. The summed E-state index contributed by atoms with van der Waals surface area (Å²) in [7, 11) is -2.20. The minimum atomic E-state index is -3.82. The third-order valence-corrected chi connectivity index (χ3v) is 7.33. The number of nitrogens with two attached hydrogens (primary N) is 1. The van der Waals surface area contributed by atoms with Crippen LogP contribution in [0.5, 0.6) is 0 Å². The van der Waals surface area contributed by atoms with Crippen molar-refractivity contribution >= 4 is 44.3 Å². The summed E-state index contributed by atoms with van der Waals surface area (Å²) in [6.45, 7) is 0.731. The van der Waals surface area contributed by atoms with E-state index < -0.39 is 10.0 Å². The molecule has 0 bridgehead atoms. The van der Waals surface area contributed by atoms with E-state index in [9.17, 15) is 13.2 Å². The lowest BCUT2D eigenvalue weighted by atomic mass is 10.1. The van der Waals surface area contributed by atoms with Crippen molar-refractivity contribution in [3.05, 3.63) is 64.7 Å². The number of hydrogen-bond acceptors (Lipinski definition) is 4. The van der Waals surface area contributed by atoms with Crippen molar-refractivity contribution in [2.24, 2.45) is 10.7 Å². The number of amides is 1. The number of H-pyrrole nitrogens is 1. The Balaban J connectivity index is 1.46. The molecule has 162 valence electrons. The van der Waals surface area contributed by atoms with Gasteiger partial charge >= 0.3 is 0 Å². The number of hydrogen-bond donors (Lipinski definition) is 2. The minimum absolute atomic E-state index is 0.0526. The maximum Gasteiger partial charge on any atom is 0.259 e. The molecule has 3 aromatic rings. The van der Waals surface area contributed by atoms with Crippen LogP contribution < -0.4 is 5.73 Å². The van der Waals surface area contributed by atoms with Gasteiger partial charge in [-0.05, 0) is 29.8 Å². The Morgan fingerprint density at radius 2 is 1.90 bits per heavy atom. The first-order valence-electron chi connectivity index (χ1n) is 9.66. The summed E-state index contributed by atoms with van der Waals surface area (Å²) < 4.78 is 27.3. The molecule has 0 spiro atoms. The van der Waals surface area contributed by atoms with Crippen molar-refractivity contribution in [1.29, 1.82) is 0 Å². The lowest BCUT2D eigenvalue weighted by Gasteiger charge is -2.33. The third kappa shape index (κ3) is 4.30. The van der Waals surface area contributed by atoms with Crippen LogP contribution in [0.2, 0.25) is 5.02 Å². The summed E-state index contributed by atoms with van der Waals surface area (Å²) in [5.41, 5.74) is 8.22. The molecule has 0 aliphatic carbocycles. The molecule has 1 aliphatic heterocycles. The zero-order chi connectivity index (χ0) is 22.2. The van der Waals surface area contributed by atoms with Gasteiger partial charge in [-0.2, -0.15) is 4.31 Å². The normalized spacial score (nSPS) is 16.3. The van der Waals surface area contributed by atoms with Gasteiger partial charge in [-0.15, -0.1) is 0 Å². The number of amidine groups is 1. The molecule has 10 heteroatoms. The van der Waals surface area contributed by atoms with E-state index >= 15 is 0 Å². The molecule has 1 aromatic heterocycles. The number of nitrogens with one attached hydrogen (secondary N) is 1. The molecule has 0 atom stereocenters. The second-order valence-corrected chi connectivity index (χ2v) is 9.67. The van der Waals surface area contributed by atoms with Crippen molar-refractivity contribution in [3.8, 4) is 0 Å². The number of benzene rings is 2. The highest BCUT2D eigenvalue weighted by molar-refractivity contribution is 7.89. The first-order chi connectivity index (χ1) is 14.8. The third-order valence-electron chi connectivity index (χ3n) is 5.32. The standard InChI is InChI=1S/C21H22ClN5O3S/c1-24-21(23)15-4-2-14(3-5-15)12-26-8-9-27(13-20(26)28)31(29,30)19-11-16-10-17(22)6-7-18(16)25-19/h2-7,10-11,25H,8-9,12-13H2,1H3,(H2,23,24). The van der Waals surface area contributed by atoms with E-state index in [0.717, 1.165) is 11.1 Å². The van der Waals surface area contributed by atoms with E-state index in [1.807, 2.05) is 24.3 Å². The number of halogens is 1. The molecule has 0 radical (unpaired) electrons. The Labute approximate surface area is 185 Å². The number of fused-ring (bicyclic) bond motifs is 1. The van der Waals surface area contributed by atoms with Crippen LogP contribution in [0.4, 0.5) is 0 Å². The monoisotopic (exact) mass is 459 g/mol. The first kappa shape index (κ1) is 21.4. The number of piperazine rings is 1. The predicted octanol–water partition coefficient (Wildman–Crippen LogP) is 2.19. The number of aromatic amines is 1. The summed E-state index contributed by atoms with van der Waals surface area (Å²) in [5.74, 6) is 0.202. The van der Waals surface area contributed by atoms with Crippen LogP contribution in [0.3, 0.4) is 0 Å². The topological polar surface area (TPSA) is 112 Å². The summed E-state index contributed by atoms with van der Waals surface area (Å²) >= 11 is 5.99. The average Bonchev–Trinajstić information content (AvgIpc) is 3.19. The molecule has 8 nitrogen and oxygen atoms in total. The fraction of sp³-hybridized carbons (Fsp3) is 0.238. The summed E-state index contributed by atoms with van der Waals surface area (Å²) in [4.78, 5) is 21.2. The number of aliphatic imine (C=N–C) groups is 1. The SMILES string of the molecule is CN=C(N)c1ccc(CN2CCN(S(=O)(=O)c3cc4cc(Cl)ccc4[nH]3)CC2=O)cc1. The van der Waals surface area contributed by atoms with E-state index in [1.54, 1.807) is 36.2 Å². The van der Waals surface area contributed by atoms with Crippen LogP contribution in [0.15, 0.2) is 58.5 Å². The smallest absolute Gasteiger partial charge is 0.259 e. The van der Waals surface area contributed by atoms with Crippen LogP contribution in [-0.4, -0.2) is 61.0 Å². The zero-order valence-electron chi connectivity index (χ0n) is 16.9. The zero-order valence-corrected chi connectivity index (χ0v) is 18.4. The fourth-order valence-electron chi connectivity index (χ4n) is 3.54. The van der Waals surface area contributed by atoms with Crippen molar-refractivity contribution in [3.63, 3.8) is 0 Å². The first-order valence-corrected chi connectivity index (χ1v) is 11.5. The van der Waals surface area contributed by atoms with Crippen molar-refractivity contribution in [1.82, 2.24) is 14.2 Å². The van der Waals surface area contributed by atoms with Gasteiger partial charge in [0.1, 0.15) is 10.9 Å². The Kier molecular flexibility index (Phi) is 5.74. The van der Waals surface area contributed by atoms with Gasteiger partial charge in [0.05, 0.1) is 6.54 Å². The van der Waals surface area contributed by atoms with Gasteiger partial charge in [-0.3, -0.25) is 9.79 Å². The van der Waals surface area contributed by atoms with Crippen LogP contribution in [0.1, 0.15) is 11.1 Å². The minimum Gasteiger partial charge on any atom is -0.384 e. The molecule has 31 heavy (non-hydrogen) atoms. The van der Waals surface area contributed by atoms with Crippen molar-refractivity contribution < 1.29 is 13.2 Å². The molecule has 2 heterocycles. The molecule has 2 aromatic carbocycles. The molecule has 1 fully saturated rings. The number of sulfonamides is 1. The molecule has 4 rings (SSSR count). The summed E-state index contributed by atoms with van der Waals surface area (Å²) in [6.07, 6.45) is 0. The highest BCUT2D eigenvalue weighted by atomic mass is 35.5. The largest absolute Gasteiger partial charge is 0.384 e. The van der Waals surface area contributed by atoms with Gasteiger partial charge in [0.15, 0.2) is 0 Å². The number of rotatable bonds is 5. The maximum atomic E-state index is 13.1. The molecule has 1 amide bonds. The summed E-state index contributed by atoms with van der Waals surface area (Å²) in [6, 6.07) is 14.1. The number of aromatic nitrogens is 1. The maximum absolute atomic E-state index is 13.1. The molecule has 0 unspecified atom stereocenters. The van der Waals surface area contributed by atoms with Crippen molar-refractivity contribution in [2.45, 2.75) is 11.6 Å². The van der Waals surface area contributed by atoms with Gasteiger partial charge in [0.2, 0.25) is 5.91 Å². The molecule has 3 N–H and O–H groups in total. The van der Waals surface area contributed by atoms with Crippen molar-refractivity contribution in [2.75, 3.05) is 26.7 Å². The highest BCUT2D eigenvalue weighted by Gasteiger charge is 2.33. The lowest BCUT2D eigenvalue weighted by Crippen LogP contribution is -2.51. The van der Waals surface area contributed by atoms with Crippen LogP contribution >= 0.6 is 11.6 Å². The number of nitrogens with zero attached hydrogens (tertiary/aromatic N) is 3. The van der Waals surface area contributed by atoms with Gasteiger partial charge in [-0.25, -0.2) is 8.42 Å². The van der Waals surface area contributed by atoms with E-state index in [4.69, 9.17) is 17.3 Å². The molecular weight excluding hydrogens is 438 g/mol. The molecule has 1 saturated heterocycles. The van der Waals surface area contributed by atoms with Gasteiger partial charge in [-0.1, -0.05) is 35.9 Å². The second-order valence-electron chi connectivity index (χ2n) is 7.32. The molecular formula is C21H22ClN5O3S. The number of carbonyl (C=O) groups is 1. The van der Waals surface area contributed by atoms with Crippen LogP contribution in [-0.2, 0) is 21.4 Å². The van der Waals surface area contributed by atoms with Crippen LogP contribution in [0, 0.1) is 0 Å². The lowest BCUT2D eigenvalue weighted by molar-refractivity contribution is -0.134. The van der Waals surface area contributed by atoms with Gasteiger partial charge in [0, 0.05) is 48.2 Å². The van der Waals surface area contributed by atoms with E-state index in [0.29, 0.717) is 34.9 Å². The summed E-state index contributed by atoms with van der Waals surface area (Å²) in [5, 5.41) is 1.28. The highest BCUT2D eigenvalue weighted by Crippen LogP contribution is 2.25. The van der Waals surface area contributed by atoms with Crippen LogP contribution in [0.25, 0.3) is 10.9 Å². The predicted molar refractivity (Wildman–Crippen MR) is 121 cm³/mol. The van der Waals surface area contributed by atoms with Gasteiger partial charge in [0.25, 0.3) is 10.0 Å². The van der Waals surface area contributed by atoms with Gasteiger partial charge < -0.3 is 15.6 Å².